The SMILES string of the molecule is COC(=O)CN1CCC2CCCC21. The van der Waals surface area contributed by atoms with Gasteiger partial charge in [0.05, 0.1) is 13.7 Å². The van der Waals surface area contributed by atoms with Gasteiger partial charge in [-0.2, -0.15) is 0 Å². The van der Waals surface area contributed by atoms with E-state index in [4.69, 9.17) is 0 Å². The Morgan fingerprint density at radius 3 is 3.08 bits per heavy atom. The number of rotatable bonds is 2. The maximum atomic E-state index is 11.1. The lowest BCUT2D eigenvalue weighted by Gasteiger charge is -2.21. The van der Waals surface area contributed by atoms with Crippen molar-refractivity contribution >= 4 is 5.97 Å². The number of likely N-dealkylation sites (tertiary alicyclic amines) is 1. The predicted molar refractivity (Wildman–Crippen MR) is 49.3 cm³/mol. The van der Waals surface area contributed by atoms with Gasteiger partial charge in [-0.1, -0.05) is 6.42 Å². The summed E-state index contributed by atoms with van der Waals surface area (Å²) in [4.78, 5) is 13.4. The largest absolute Gasteiger partial charge is 0.468 e. The number of hydrogen-bond donors (Lipinski definition) is 0. The Morgan fingerprint density at radius 2 is 2.31 bits per heavy atom. The molecule has 1 saturated carbocycles. The molecule has 2 fully saturated rings. The summed E-state index contributed by atoms with van der Waals surface area (Å²) in [6, 6.07) is 0.680. The fourth-order valence-corrected chi connectivity index (χ4v) is 2.76. The van der Waals surface area contributed by atoms with Crippen LogP contribution < -0.4 is 0 Å². The third-order valence-electron chi connectivity index (χ3n) is 3.43. The Labute approximate surface area is 79.0 Å². The third kappa shape index (κ3) is 1.70. The highest BCUT2D eigenvalue weighted by Gasteiger charge is 2.37. The van der Waals surface area contributed by atoms with Crippen molar-refractivity contribution in [3.8, 4) is 0 Å². The first-order valence-electron chi connectivity index (χ1n) is 5.12. The number of methoxy groups -OCH3 is 1. The Balaban J connectivity index is 1.90. The van der Waals surface area contributed by atoms with Crippen molar-refractivity contribution in [2.24, 2.45) is 5.92 Å². The van der Waals surface area contributed by atoms with Crippen LogP contribution in [-0.4, -0.2) is 37.1 Å². The van der Waals surface area contributed by atoms with E-state index in [2.05, 4.69) is 9.64 Å². The summed E-state index contributed by atoms with van der Waals surface area (Å²) in [7, 11) is 1.46. The van der Waals surface area contributed by atoms with Crippen LogP contribution in [0.25, 0.3) is 0 Å². The molecule has 0 amide bonds. The number of hydrogen-bond acceptors (Lipinski definition) is 3. The minimum absolute atomic E-state index is 0.0902. The first kappa shape index (κ1) is 9.00. The Kier molecular flexibility index (Phi) is 2.54. The lowest BCUT2D eigenvalue weighted by Crippen LogP contribution is -2.35. The first-order valence-corrected chi connectivity index (χ1v) is 5.12. The van der Waals surface area contributed by atoms with Gasteiger partial charge >= 0.3 is 5.97 Å². The second-order valence-corrected chi connectivity index (χ2v) is 4.09. The Morgan fingerprint density at radius 1 is 1.46 bits per heavy atom. The molecular weight excluding hydrogens is 166 g/mol. The van der Waals surface area contributed by atoms with E-state index in [1.807, 2.05) is 0 Å². The molecule has 0 spiro atoms. The van der Waals surface area contributed by atoms with Crippen LogP contribution in [0, 0.1) is 5.92 Å². The molecule has 1 saturated heterocycles. The van der Waals surface area contributed by atoms with Gasteiger partial charge in [0, 0.05) is 6.04 Å². The summed E-state index contributed by atoms with van der Waals surface area (Å²) >= 11 is 0. The number of ether oxygens (including phenoxy) is 1. The maximum Gasteiger partial charge on any atom is 0.319 e. The van der Waals surface area contributed by atoms with Crippen molar-refractivity contribution in [3.05, 3.63) is 0 Å². The van der Waals surface area contributed by atoms with Crippen molar-refractivity contribution in [1.82, 2.24) is 4.90 Å². The van der Waals surface area contributed by atoms with E-state index in [9.17, 15) is 4.79 Å². The van der Waals surface area contributed by atoms with E-state index >= 15 is 0 Å². The second-order valence-electron chi connectivity index (χ2n) is 4.09. The molecule has 2 rings (SSSR count). The van der Waals surface area contributed by atoms with E-state index in [-0.39, 0.29) is 5.97 Å². The molecule has 1 aliphatic carbocycles. The summed E-state index contributed by atoms with van der Waals surface area (Å²) in [6.07, 6.45) is 5.26. The molecule has 0 radical (unpaired) electrons. The predicted octanol–water partition coefficient (Wildman–Crippen LogP) is 1.03. The molecule has 0 aromatic rings. The molecule has 0 N–H and O–H groups in total. The smallest absolute Gasteiger partial charge is 0.319 e. The molecule has 74 valence electrons. The normalized spacial score (nSPS) is 33.3. The van der Waals surface area contributed by atoms with Gasteiger partial charge in [0.1, 0.15) is 0 Å². The molecule has 3 nitrogen and oxygen atoms in total. The summed E-state index contributed by atoms with van der Waals surface area (Å²) in [5.74, 6) is 0.775. The number of carbonyl (C=O) groups is 1. The Hall–Kier alpha value is -0.570. The lowest BCUT2D eigenvalue weighted by molar-refractivity contribution is -0.142. The minimum Gasteiger partial charge on any atom is -0.468 e. The summed E-state index contributed by atoms with van der Waals surface area (Å²) in [5.41, 5.74) is 0. The molecule has 1 aliphatic heterocycles. The molecule has 0 aromatic heterocycles. The highest BCUT2D eigenvalue weighted by atomic mass is 16.5. The van der Waals surface area contributed by atoms with Crippen LogP contribution in [0.15, 0.2) is 0 Å². The molecule has 2 atom stereocenters. The molecule has 2 aliphatic rings. The quantitative estimate of drug-likeness (QED) is 0.599. The van der Waals surface area contributed by atoms with Crippen LogP contribution in [0.2, 0.25) is 0 Å². The maximum absolute atomic E-state index is 11.1. The zero-order valence-electron chi connectivity index (χ0n) is 8.16. The van der Waals surface area contributed by atoms with Crippen molar-refractivity contribution < 1.29 is 9.53 Å². The Bertz CT molecular complexity index is 205. The van der Waals surface area contributed by atoms with Crippen LogP contribution in [0.3, 0.4) is 0 Å². The molecule has 0 bridgehead atoms. The van der Waals surface area contributed by atoms with Crippen molar-refractivity contribution in [2.75, 3.05) is 20.2 Å². The van der Waals surface area contributed by atoms with Gasteiger partial charge in [-0.25, -0.2) is 0 Å². The fourth-order valence-electron chi connectivity index (χ4n) is 2.76. The second kappa shape index (κ2) is 3.66. The standard InChI is InChI=1S/C10H17NO2/c1-13-10(12)7-11-6-5-8-3-2-4-9(8)11/h8-9H,2-7H2,1H3. The number of carbonyl (C=O) groups excluding carboxylic acids is 1. The molecule has 1 heterocycles. The van der Waals surface area contributed by atoms with Gasteiger partial charge in [0.25, 0.3) is 0 Å². The van der Waals surface area contributed by atoms with Gasteiger partial charge in [0.15, 0.2) is 0 Å². The molecule has 0 aromatic carbocycles. The highest BCUT2D eigenvalue weighted by molar-refractivity contribution is 5.71. The third-order valence-corrected chi connectivity index (χ3v) is 3.43. The minimum atomic E-state index is -0.0902. The zero-order valence-corrected chi connectivity index (χ0v) is 8.16. The summed E-state index contributed by atoms with van der Waals surface area (Å²) < 4.78 is 4.68. The van der Waals surface area contributed by atoms with E-state index < -0.39 is 0 Å². The van der Waals surface area contributed by atoms with E-state index in [1.165, 1.54) is 32.8 Å². The van der Waals surface area contributed by atoms with E-state index in [0.717, 1.165) is 12.5 Å². The average molecular weight is 183 g/mol. The van der Waals surface area contributed by atoms with Crippen LogP contribution in [0.4, 0.5) is 0 Å². The van der Waals surface area contributed by atoms with Crippen LogP contribution in [0.5, 0.6) is 0 Å². The van der Waals surface area contributed by atoms with Gasteiger partial charge < -0.3 is 4.74 Å². The van der Waals surface area contributed by atoms with Gasteiger partial charge in [-0.15, -0.1) is 0 Å². The van der Waals surface area contributed by atoms with E-state index in [0.29, 0.717) is 12.6 Å². The molecule has 2 unspecified atom stereocenters. The highest BCUT2D eigenvalue weighted by Crippen LogP contribution is 2.37. The molecule has 3 heteroatoms. The topological polar surface area (TPSA) is 29.5 Å². The fraction of sp³-hybridized carbons (Fsp3) is 0.900. The van der Waals surface area contributed by atoms with Crippen LogP contribution in [0.1, 0.15) is 25.7 Å². The lowest BCUT2D eigenvalue weighted by atomic mass is 10.1. The van der Waals surface area contributed by atoms with Gasteiger partial charge in [-0.3, -0.25) is 9.69 Å². The first-order chi connectivity index (χ1) is 6.31. The van der Waals surface area contributed by atoms with Crippen LogP contribution in [-0.2, 0) is 9.53 Å². The van der Waals surface area contributed by atoms with Crippen molar-refractivity contribution in [2.45, 2.75) is 31.7 Å². The van der Waals surface area contributed by atoms with Crippen molar-refractivity contribution in [1.29, 1.82) is 0 Å². The zero-order chi connectivity index (χ0) is 9.26. The van der Waals surface area contributed by atoms with Gasteiger partial charge in [-0.05, 0) is 31.7 Å². The number of esters is 1. The average Bonchev–Trinajstić information content (AvgIpc) is 2.69. The summed E-state index contributed by atoms with van der Waals surface area (Å²) in [6.45, 7) is 1.59. The van der Waals surface area contributed by atoms with Crippen LogP contribution >= 0.6 is 0 Å². The number of fused-ring (bicyclic) bond motifs is 1. The van der Waals surface area contributed by atoms with Crippen molar-refractivity contribution in [3.63, 3.8) is 0 Å². The van der Waals surface area contributed by atoms with E-state index in [1.54, 1.807) is 0 Å². The summed E-state index contributed by atoms with van der Waals surface area (Å²) in [5, 5.41) is 0. The monoisotopic (exact) mass is 183 g/mol. The number of nitrogens with zero attached hydrogens (tertiary/aromatic N) is 1. The van der Waals surface area contributed by atoms with Gasteiger partial charge in [0.2, 0.25) is 0 Å². The molecule has 13 heavy (non-hydrogen) atoms. The molecular formula is C10H17NO2.